The normalized spacial score (nSPS) is 12.7. The molecule has 0 aromatic carbocycles. The standard InChI is InChI=1S/C20H38O2/c1-5-8-9-10-11-12-13-14-15-16-17-18-19-20(4,21-6-2)22-7-3/h8-11H,5-7,12-19H2,1-4H3. The average Bonchev–Trinajstić information content (AvgIpc) is 2.49. The van der Waals surface area contributed by atoms with E-state index in [4.69, 9.17) is 9.47 Å². The minimum atomic E-state index is -0.375. The third-order valence-electron chi connectivity index (χ3n) is 3.77. The molecule has 130 valence electrons. The van der Waals surface area contributed by atoms with Gasteiger partial charge in [0.2, 0.25) is 0 Å². The Morgan fingerprint density at radius 1 is 0.727 bits per heavy atom. The van der Waals surface area contributed by atoms with E-state index in [-0.39, 0.29) is 5.79 Å². The molecule has 0 atom stereocenters. The molecule has 0 rings (SSSR count). The first-order chi connectivity index (χ1) is 10.7. The summed E-state index contributed by atoms with van der Waals surface area (Å²) in [5.41, 5.74) is 0. The van der Waals surface area contributed by atoms with Gasteiger partial charge in [0.25, 0.3) is 0 Å². The molecule has 2 nitrogen and oxygen atoms in total. The molecule has 22 heavy (non-hydrogen) atoms. The molecule has 0 fully saturated rings. The van der Waals surface area contributed by atoms with E-state index in [1.54, 1.807) is 0 Å². The largest absolute Gasteiger partial charge is 0.351 e. The van der Waals surface area contributed by atoms with Crippen LogP contribution in [0.4, 0.5) is 0 Å². The molecule has 0 radical (unpaired) electrons. The highest BCUT2D eigenvalue weighted by Gasteiger charge is 2.23. The van der Waals surface area contributed by atoms with Gasteiger partial charge < -0.3 is 9.47 Å². The molecule has 2 heteroatoms. The third kappa shape index (κ3) is 13.1. The summed E-state index contributed by atoms with van der Waals surface area (Å²) in [4.78, 5) is 0. The van der Waals surface area contributed by atoms with Gasteiger partial charge in [-0.15, -0.1) is 0 Å². The van der Waals surface area contributed by atoms with Crippen LogP contribution in [0.15, 0.2) is 24.3 Å². The molecule has 0 aromatic rings. The summed E-state index contributed by atoms with van der Waals surface area (Å²) in [5, 5.41) is 0. The van der Waals surface area contributed by atoms with Gasteiger partial charge in [0.1, 0.15) is 0 Å². The first-order valence-electron chi connectivity index (χ1n) is 9.28. The van der Waals surface area contributed by atoms with Crippen molar-refractivity contribution in [2.24, 2.45) is 0 Å². The maximum absolute atomic E-state index is 5.73. The Hall–Kier alpha value is -0.600. The Bertz CT molecular complexity index is 275. The zero-order chi connectivity index (χ0) is 16.5. The number of hydrogen-bond donors (Lipinski definition) is 0. The second kappa shape index (κ2) is 15.3. The van der Waals surface area contributed by atoms with Gasteiger partial charge in [0.05, 0.1) is 0 Å². The van der Waals surface area contributed by atoms with E-state index in [0.29, 0.717) is 0 Å². The maximum atomic E-state index is 5.73. The van der Waals surface area contributed by atoms with Crippen molar-refractivity contribution in [1.29, 1.82) is 0 Å². The van der Waals surface area contributed by atoms with Crippen molar-refractivity contribution in [2.75, 3.05) is 13.2 Å². The lowest BCUT2D eigenvalue weighted by molar-refractivity contribution is -0.225. The minimum absolute atomic E-state index is 0.375. The van der Waals surface area contributed by atoms with Crippen molar-refractivity contribution < 1.29 is 9.47 Å². The van der Waals surface area contributed by atoms with E-state index >= 15 is 0 Å². The predicted molar refractivity (Wildman–Crippen MR) is 97.2 cm³/mol. The second-order valence-corrected chi connectivity index (χ2v) is 5.92. The van der Waals surface area contributed by atoms with Crippen LogP contribution in [-0.4, -0.2) is 19.0 Å². The first kappa shape index (κ1) is 21.4. The van der Waals surface area contributed by atoms with Crippen molar-refractivity contribution in [2.45, 2.75) is 91.3 Å². The highest BCUT2D eigenvalue weighted by molar-refractivity contribution is 5.01. The first-order valence-corrected chi connectivity index (χ1v) is 9.28. The van der Waals surface area contributed by atoms with Gasteiger partial charge in [-0.1, -0.05) is 56.9 Å². The number of unbranched alkanes of at least 4 members (excludes halogenated alkanes) is 6. The van der Waals surface area contributed by atoms with Gasteiger partial charge in [-0.2, -0.15) is 0 Å². The van der Waals surface area contributed by atoms with E-state index in [9.17, 15) is 0 Å². The third-order valence-corrected chi connectivity index (χ3v) is 3.77. The maximum Gasteiger partial charge on any atom is 0.165 e. The highest BCUT2D eigenvalue weighted by atomic mass is 16.7. The molecule has 0 aliphatic heterocycles. The molecule has 0 amide bonds. The van der Waals surface area contributed by atoms with Crippen molar-refractivity contribution in [3.05, 3.63) is 24.3 Å². The van der Waals surface area contributed by atoms with Gasteiger partial charge in [0.15, 0.2) is 5.79 Å². The van der Waals surface area contributed by atoms with Gasteiger partial charge in [0, 0.05) is 19.6 Å². The van der Waals surface area contributed by atoms with E-state index in [1.807, 2.05) is 13.8 Å². The van der Waals surface area contributed by atoms with Crippen LogP contribution in [0.25, 0.3) is 0 Å². The molecule has 0 aliphatic carbocycles. The SMILES string of the molecule is CCC=CC=CCCCCCCCCC(C)(OCC)OCC. The molecule has 0 heterocycles. The summed E-state index contributed by atoms with van der Waals surface area (Å²) in [6, 6.07) is 0. The fraction of sp³-hybridized carbons (Fsp3) is 0.800. The van der Waals surface area contributed by atoms with Crippen LogP contribution in [-0.2, 0) is 9.47 Å². The van der Waals surface area contributed by atoms with E-state index in [2.05, 4.69) is 38.2 Å². The Balaban J connectivity index is 3.49. The van der Waals surface area contributed by atoms with Crippen LogP contribution in [0.1, 0.15) is 85.5 Å². The summed E-state index contributed by atoms with van der Waals surface area (Å²) in [6.45, 7) is 9.73. The van der Waals surface area contributed by atoms with Gasteiger partial charge in [-0.05, 0) is 46.5 Å². The molecule has 0 aliphatic rings. The highest BCUT2D eigenvalue weighted by Crippen LogP contribution is 2.21. The van der Waals surface area contributed by atoms with Crippen molar-refractivity contribution in [3.8, 4) is 0 Å². The lowest BCUT2D eigenvalue weighted by Gasteiger charge is -2.29. The molecule has 0 bridgehead atoms. The fourth-order valence-electron chi connectivity index (χ4n) is 2.60. The average molecular weight is 311 g/mol. The van der Waals surface area contributed by atoms with Crippen LogP contribution in [0.2, 0.25) is 0 Å². The second-order valence-electron chi connectivity index (χ2n) is 5.92. The lowest BCUT2D eigenvalue weighted by atomic mass is 10.0. The molecular weight excluding hydrogens is 272 g/mol. The van der Waals surface area contributed by atoms with E-state index in [1.165, 1.54) is 44.9 Å². The monoisotopic (exact) mass is 310 g/mol. The smallest absolute Gasteiger partial charge is 0.165 e. The van der Waals surface area contributed by atoms with Crippen LogP contribution >= 0.6 is 0 Å². The molecule has 0 spiro atoms. The number of hydrogen-bond acceptors (Lipinski definition) is 2. The molecule has 0 N–H and O–H groups in total. The molecule has 0 unspecified atom stereocenters. The summed E-state index contributed by atoms with van der Waals surface area (Å²) < 4.78 is 11.5. The topological polar surface area (TPSA) is 18.5 Å². The Morgan fingerprint density at radius 3 is 1.86 bits per heavy atom. The zero-order valence-corrected chi connectivity index (χ0v) is 15.4. The summed E-state index contributed by atoms with van der Waals surface area (Å²) in [7, 11) is 0. The number of allylic oxidation sites excluding steroid dienone is 4. The van der Waals surface area contributed by atoms with Crippen molar-refractivity contribution in [3.63, 3.8) is 0 Å². The lowest BCUT2D eigenvalue weighted by Crippen LogP contribution is -2.32. The Kier molecular flexibility index (Phi) is 14.9. The van der Waals surface area contributed by atoms with Crippen LogP contribution in [0.3, 0.4) is 0 Å². The fourth-order valence-corrected chi connectivity index (χ4v) is 2.60. The predicted octanol–water partition coefficient (Wildman–Crippen LogP) is 6.42. The van der Waals surface area contributed by atoms with E-state index in [0.717, 1.165) is 26.1 Å². The van der Waals surface area contributed by atoms with Gasteiger partial charge in [-0.3, -0.25) is 0 Å². The zero-order valence-electron chi connectivity index (χ0n) is 15.4. The molecule has 0 saturated heterocycles. The van der Waals surface area contributed by atoms with Gasteiger partial charge in [-0.25, -0.2) is 0 Å². The van der Waals surface area contributed by atoms with E-state index < -0.39 is 0 Å². The van der Waals surface area contributed by atoms with Crippen LogP contribution in [0.5, 0.6) is 0 Å². The van der Waals surface area contributed by atoms with Crippen LogP contribution in [0, 0.1) is 0 Å². The van der Waals surface area contributed by atoms with Crippen molar-refractivity contribution in [1.82, 2.24) is 0 Å². The molecule has 0 aromatic heterocycles. The summed E-state index contributed by atoms with van der Waals surface area (Å²) in [5.74, 6) is -0.375. The number of rotatable bonds is 15. The number of ether oxygens (including phenoxy) is 2. The van der Waals surface area contributed by atoms with Crippen molar-refractivity contribution >= 4 is 0 Å². The Labute approximate surface area is 139 Å². The summed E-state index contributed by atoms with van der Waals surface area (Å²) in [6.07, 6.45) is 19.9. The molecular formula is C20H38O2. The summed E-state index contributed by atoms with van der Waals surface area (Å²) >= 11 is 0. The quantitative estimate of drug-likeness (QED) is 0.197. The van der Waals surface area contributed by atoms with Gasteiger partial charge >= 0.3 is 0 Å². The Morgan fingerprint density at radius 2 is 1.27 bits per heavy atom. The minimum Gasteiger partial charge on any atom is -0.351 e. The van der Waals surface area contributed by atoms with Crippen LogP contribution < -0.4 is 0 Å². The molecule has 0 saturated carbocycles.